The lowest BCUT2D eigenvalue weighted by Gasteiger charge is -2.03. The second kappa shape index (κ2) is 4.03. The van der Waals surface area contributed by atoms with Crippen LogP contribution < -0.4 is 5.73 Å². The predicted octanol–water partition coefficient (Wildman–Crippen LogP) is 1.64. The Hall–Kier alpha value is -1.35. The van der Waals surface area contributed by atoms with Crippen molar-refractivity contribution in [1.82, 2.24) is 9.55 Å². The summed E-state index contributed by atoms with van der Waals surface area (Å²) in [6.07, 6.45) is 3.79. The van der Waals surface area contributed by atoms with E-state index in [0.29, 0.717) is 6.54 Å². The molecule has 0 aliphatic heterocycles. The summed E-state index contributed by atoms with van der Waals surface area (Å²) in [6.45, 7) is 2.86. The van der Waals surface area contributed by atoms with Gasteiger partial charge >= 0.3 is 0 Å². The molecule has 2 rings (SSSR count). The van der Waals surface area contributed by atoms with Crippen molar-refractivity contribution in [3.05, 3.63) is 29.6 Å². The summed E-state index contributed by atoms with van der Waals surface area (Å²) < 4.78 is 2.23. The molecule has 0 radical (unpaired) electrons. The van der Waals surface area contributed by atoms with Gasteiger partial charge in [-0.2, -0.15) is 0 Å². The second-order valence-corrected chi connectivity index (χ2v) is 3.75. The number of rotatable bonds is 3. The Labute approximate surface area is 89.9 Å². The van der Waals surface area contributed by atoms with Gasteiger partial charge in [0.05, 0.1) is 11.0 Å². The fourth-order valence-electron chi connectivity index (χ4n) is 2.24. The molecule has 2 aromatic heterocycles. The molecule has 0 amide bonds. The van der Waals surface area contributed by atoms with Gasteiger partial charge in [-0.15, -0.1) is 0 Å². The molecule has 80 valence electrons. The maximum absolute atomic E-state index is 5.65. The molecule has 0 saturated carbocycles. The monoisotopic (exact) mass is 203 g/mol. The number of pyridine rings is 1. The fourth-order valence-corrected chi connectivity index (χ4v) is 2.24. The van der Waals surface area contributed by atoms with E-state index in [1.807, 2.05) is 12.3 Å². The summed E-state index contributed by atoms with van der Waals surface area (Å²) in [6, 6.07) is 4.09. The molecule has 0 aromatic carbocycles. The van der Waals surface area contributed by atoms with E-state index in [2.05, 4.69) is 29.6 Å². The summed E-state index contributed by atoms with van der Waals surface area (Å²) in [5, 5.41) is 0. The van der Waals surface area contributed by atoms with Gasteiger partial charge in [0.25, 0.3) is 0 Å². The minimum Gasteiger partial charge on any atom is -0.346 e. The van der Waals surface area contributed by atoms with Gasteiger partial charge in [0.2, 0.25) is 0 Å². The highest BCUT2D eigenvalue weighted by atomic mass is 15.0. The van der Waals surface area contributed by atoms with Crippen molar-refractivity contribution in [2.45, 2.75) is 19.8 Å². The predicted molar refractivity (Wildman–Crippen MR) is 62.9 cm³/mol. The second-order valence-electron chi connectivity index (χ2n) is 3.75. The molecular weight excluding hydrogens is 186 g/mol. The van der Waals surface area contributed by atoms with Crippen molar-refractivity contribution in [3.63, 3.8) is 0 Å². The minimum atomic E-state index is 0.683. The number of nitrogens with two attached hydrogens (primary N) is 1. The van der Waals surface area contributed by atoms with E-state index < -0.39 is 0 Å². The molecule has 0 aliphatic rings. The molecule has 2 aromatic rings. The number of nitrogens with zero attached hydrogens (tertiary/aromatic N) is 2. The van der Waals surface area contributed by atoms with Crippen LogP contribution in [0.2, 0.25) is 0 Å². The van der Waals surface area contributed by atoms with Crippen LogP contribution in [0.4, 0.5) is 0 Å². The van der Waals surface area contributed by atoms with Crippen LogP contribution in [-0.2, 0) is 19.9 Å². The summed E-state index contributed by atoms with van der Waals surface area (Å²) >= 11 is 0. The van der Waals surface area contributed by atoms with Crippen LogP contribution in [0.25, 0.3) is 11.0 Å². The topological polar surface area (TPSA) is 43.8 Å². The number of fused-ring (bicyclic) bond motifs is 1. The smallest absolute Gasteiger partial charge is 0.0916 e. The van der Waals surface area contributed by atoms with Crippen molar-refractivity contribution in [3.8, 4) is 0 Å². The van der Waals surface area contributed by atoms with Gasteiger partial charge in [0.1, 0.15) is 0 Å². The molecule has 3 heteroatoms. The first-order valence-corrected chi connectivity index (χ1v) is 5.40. The molecule has 2 N–H and O–H groups in total. The standard InChI is InChI=1S/C12H17N3/c1-3-10-9(6-7-13)12-11(15(10)2)5-4-8-14-12/h4-5,8H,3,6-7,13H2,1-2H3. The van der Waals surface area contributed by atoms with Gasteiger partial charge in [-0.25, -0.2) is 0 Å². The fraction of sp³-hybridized carbons (Fsp3) is 0.417. The quantitative estimate of drug-likeness (QED) is 0.824. The maximum Gasteiger partial charge on any atom is 0.0916 e. The van der Waals surface area contributed by atoms with Gasteiger partial charge in [-0.1, -0.05) is 6.92 Å². The highest BCUT2D eigenvalue weighted by Gasteiger charge is 2.13. The molecule has 2 heterocycles. The van der Waals surface area contributed by atoms with E-state index in [1.54, 1.807) is 0 Å². The number of aryl methyl sites for hydroxylation is 1. The molecule has 0 fully saturated rings. The van der Waals surface area contributed by atoms with Crippen LogP contribution in [0.5, 0.6) is 0 Å². The van der Waals surface area contributed by atoms with E-state index in [4.69, 9.17) is 5.73 Å². The number of aromatic nitrogens is 2. The SMILES string of the molecule is CCc1c(CCN)c2ncccc2n1C. The molecule has 0 atom stereocenters. The van der Waals surface area contributed by atoms with Crippen molar-refractivity contribution in [2.24, 2.45) is 12.8 Å². The zero-order valence-corrected chi connectivity index (χ0v) is 9.33. The van der Waals surface area contributed by atoms with Crippen LogP contribution in [0.3, 0.4) is 0 Å². The van der Waals surface area contributed by atoms with Crippen molar-refractivity contribution < 1.29 is 0 Å². The lowest BCUT2D eigenvalue weighted by atomic mass is 10.1. The Morgan fingerprint density at radius 3 is 2.93 bits per heavy atom. The zero-order chi connectivity index (χ0) is 10.8. The third kappa shape index (κ3) is 1.53. The highest BCUT2D eigenvalue weighted by Crippen LogP contribution is 2.23. The Morgan fingerprint density at radius 2 is 2.27 bits per heavy atom. The first-order chi connectivity index (χ1) is 7.29. The normalized spacial score (nSPS) is 11.1. The van der Waals surface area contributed by atoms with Crippen LogP contribution in [-0.4, -0.2) is 16.1 Å². The summed E-state index contributed by atoms with van der Waals surface area (Å²) in [5.74, 6) is 0. The van der Waals surface area contributed by atoms with E-state index >= 15 is 0 Å². The maximum atomic E-state index is 5.65. The Kier molecular flexibility index (Phi) is 2.73. The van der Waals surface area contributed by atoms with Gasteiger partial charge < -0.3 is 10.3 Å². The van der Waals surface area contributed by atoms with Crippen LogP contribution in [0.1, 0.15) is 18.2 Å². The molecule has 3 nitrogen and oxygen atoms in total. The van der Waals surface area contributed by atoms with E-state index in [-0.39, 0.29) is 0 Å². The molecule has 15 heavy (non-hydrogen) atoms. The third-order valence-electron chi connectivity index (χ3n) is 2.92. The summed E-state index contributed by atoms with van der Waals surface area (Å²) in [4.78, 5) is 4.45. The van der Waals surface area contributed by atoms with Crippen LogP contribution in [0, 0.1) is 0 Å². The molecule has 0 unspecified atom stereocenters. The van der Waals surface area contributed by atoms with Crippen molar-refractivity contribution in [2.75, 3.05) is 6.54 Å². The first kappa shape index (κ1) is 10.2. The van der Waals surface area contributed by atoms with E-state index in [0.717, 1.165) is 18.4 Å². The first-order valence-electron chi connectivity index (χ1n) is 5.40. The lowest BCUT2D eigenvalue weighted by Crippen LogP contribution is -2.05. The zero-order valence-electron chi connectivity index (χ0n) is 9.33. The van der Waals surface area contributed by atoms with Crippen LogP contribution in [0.15, 0.2) is 18.3 Å². The molecular formula is C12H17N3. The summed E-state index contributed by atoms with van der Waals surface area (Å²) in [5.41, 5.74) is 10.6. The van der Waals surface area contributed by atoms with Gasteiger partial charge in [0, 0.05) is 24.5 Å². The Bertz CT molecular complexity index is 471. The Balaban J connectivity index is 2.73. The average Bonchev–Trinajstić information content (AvgIpc) is 2.54. The molecule has 0 spiro atoms. The third-order valence-corrected chi connectivity index (χ3v) is 2.92. The molecule has 0 saturated heterocycles. The van der Waals surface area contributed by atoms with E-state index in [1.165, 1.54) is 16.8 Å². The van der Waals surface area contributed by atoms with Crippen molar-refractivity contribution >= 4 is 11.0 Å². The average molecular weight is 203 g/mol. The Morgan fingerprint density at radius 1 is 1.47 bits per heavy atom. The van der Waals surface area contributed by atoms with Gasteiger partial charge in [0.15, 0.2) is 0 Å². The lowest BCUT2D eigenvalue weighted by molar-refractivity contribution is 0.835. The molecule has 0 aliphatic carbocycles. The number of hydrogen-bond acceptors (Lipinski definition) is 2. The highest BCUT2D eigenvalue weighted by molar-refractivity contribution is 5.81. The van der Waals surface area contributed by atoms with E-state index in [9.17, 15) is 0 Å². The van der Waals surface area contributed by atoms with Crippen molar-refractivity contribution in [1.29, 1.82) is 0 Å². The largest absolute Gasteiger partial charge is 0.346 e. The minimum absolute atomic E-state index is 0.683. The van der Waals surface area contributed by atoms with Crippen LogP contribution >= 0.6 is 0 Å². The number of hydrogen-bond donors (Lipinski definition) is 1. The van der Waals surface area contributed by atoms with Gasteiger partial charge in [-0.3, -0.25) is 4.98 Å². The molecule has 0 bridgehead atoms. The van der Waals surface area contributed by atoms with Gasteiger partial charge in [-0.05, 0) is 31.5 Å². The summed E-state index contributed by atoms with van der Waals surface area (Å²) in [7, 11) is 2.10.